The molecule has 2 aromatic rings. The van der Waals surface area contributed by atoms with Gasteiger partial charge in [0.05, 0.1) is 0 Å². The van der Waals surface area contributed by atoms with Gasteiger partial charge in [0.25, 0.3) is 0 Å². The molecule has 3 rings (SSSR count). The molecule has 1 aromatic carbocycles. The second kappa shape index (κ2) is 8.03. The van der Waals surface area contributed by atoms with Crippen LogP contribution in [-0.2, 0) is 14.3 Å². The largest absolute Gasteiger partial charge is 0.375 e. The summed E-state index contributed by atoms with van der Waals surface area (Å²) >= 11 is 4.72. The van der Waals surface area contributed by atoms with Gasteiger partial charge in [0.15, 0.2) is 0 Å². The maximum atomic E-state index is 12.5. The summed E-state index contributed by atoms with van der Waals surface area (Å²) < 4.78 is 5.83. The topological polar surface area (TPSA) is 84.4 Å². The quantitative estimate of drug-likeness (QED) is 0.796. The van der Waals surface area contributed by atoms with Crippen LogP contribution in [0.5, 0.6) is 0 Å². The highest BCUT2D eigenvalue weighted by Gasteiger charge is 2.34. The summed E-state index contributed by atoms with van der Waals surface area (Å²) in [4.78, 5) is 26.1. The first-order valence-corrected chi connectivity index (χ1v) is 9.38. The normalized spacial score (nSPS) is 16.9. The molecular formula is C16H17BrN4O3S. The highest BCUT2D eigenvalue weighted by molar-refractivity contribution is 9.10. The standard InChI is InChI=1S/C16H17BrN4O3S/c1-24-9-13(22)21-7-3-6-12(21)14(23)18-16-20-19-15(25-16)10-4-2-5-11(17)8-10/h2,4-5,8,12H,3,6-7,9H2,1H3,(H,18,20,23). The number of nitrogens with zero attached hydrogens (tertiary/aromatic N) is 3. The minimum Gasteiger partial charge on any atom is -0.375 e. The summed E-state index contributed by atoms with van der Waals surface area (Å²) in [6.45, 7) is 0.551. The summed E-state index contributed by atoms with van der Waals surface area (Å²) in [7, 11) is 1.47. The van der Waals surface area contributed by atoms with Crippen molar-refractivity contribution in [1.29, 1.82) is 0 Å². The molecule has 0 aliphatic carbocycles. The van der Waals surface area contributed by atoms with Gasteiger partial charge < -0.3 is 9.64 Å². The number of likely N-dealkylation sites (tertiary alicyclic amines) is 1. The van der Waals surface area contributed by atoms with Crippen LogP contribution < -0.4 is 5.32 Å². The van der Waals surface area contributed by atoms with Crippen molar-refractivity contribution in [3.8, 4) is 10.6 Å². The number of ether oxygens (including phenoxy) is 1. The minimum absolute atomic E-state index is 0.0182. The van der Waals surface area contributed by atoms with Gasteiger partial charge in [-0.2, -0.15) is 0 Å². The molecule has 2 heterocycles. The number of aromatic nitrogens is 2. The van der Waals surface area contributed by atoms with Gasteiger partial charge in [0.2, 0.25) is 16.9 Å². The number of rotatable bonds is 5. The second-order valence-corrected chi connectivity index (χ2v) is 7.48. The number of carbonyl (C=O) groups excluding carboxylic acids is 2. The van der Waals surface area contributed by atoms with E-state index in [0.717, 1.165) is 21.5 Å². The fraction of sp³-hybridized carbons (Fsp3) is 0.375. The van der Waals surface area contributed by atoms with Crippen LogP contribution in [0.15, 0.2) is 28.7 Å². The van der Waals surface area contributed by atoms with Gasteiger partial charge >= 0.3 is 0 Å². The molecule has 1 N–H and O–H groups in total. The third kappa shape index (κ3) is 4.23. The number of anilines is 1. The Labute approximate surface area is 157 Å². The van der Waals surface area contributed by atoms with Crippen molar-refractivity contribution in [2.45, 2.75) is 18.9 Å². The van der Waals surface area contributed by atoms with E-state index in [1.807, 2.05) is 24.3 Å². The predicted octanol–water partition coefficient (Wildman–Crippen LogP) is 2.54. The van der Waals surface area contributed by atoms with Crippen LogP contribution in [0.2, 0.25) is 0 Å². The van der Waals surface area contributed by atoms with Crippen LogP contribution in [0.25, 0.3) is 10.6 Å². The Balaban J connectivity index is 1.68. The van der Waals surface area contributed by atoms with E-state index in [9.17, 15) is 9.59 Å². The number of hydrogen-bond donors (Lipinski definition) is 1. The van der Waals surface area contributed by atoms with Crippen molar-refractivity contribution in [2.75, 3.05) is 25.6 Å². The molecule has 25 heavy (non-hydrogen) atoms. The molecule has 0 spiro atoms. The summed E-state index contributed by atoms with van der Waals surface area (Å²) in [5, 5.41) is 12.1. The van der Waals surface area contributed by atoms with Gasteiger partial charge in [-0.25, -0.2) is 0 Å². The monoisotopic (exact) mass is 424 g/mol. The highest BCUT2D eigenvalue weighted by Crippen LogP contribution is 2.29. The average molecular weight is 425 g/mol. The number of halogens is 1. The molecule has 2 amide bonds. The first kappa shape index (κ1) is 18.0. The van der Waals surface area contributed by atoms with Crippen LogP contribution in [0.1, 0.15) is 12.8 Å². The molecule has 1 fully saturated rings. The van der Waals surface area contributed by atoms with Crippen LogP contribution in [0.4, 0.5) is 5.13 Å². The fourth-order valence-electron chi connectivity index (χ4n) is 2.74. The van der Waals surface area contributed by atoms with E-state index in [0.29, 0.717) is 18.1 Å². The highest BCUT2D eigenvalue weighted by atomic mass is 79.9. The van der Waals surface area contributed by atoms with E-state index in [2.05, 4.69) is 31.4 Å². The number of nitrogens with one attached hydrogen (secondary N) is 1. The van der Waals surface area contributed by atoms with Crippen molar-refractivity contribution in [2.24, 2.45) is 0 Å². The van der Waals surface area contributed by atoms with Crippen LogP contribution in [0.3, 0.4) is 0 Å². The first-order valence-electron chi connectivity index (χ1n) is 7.77. The van der Waals surface area contributed by atoms with E-state index >= 15 is 0 Å². The maximum absolute atomic E-state index is 12.5. The third-order valence-electron chi connectivity index (χ3n) is 3.87. The predicted molar refractivity (Wildman–Crippen MR) is 98.3 cm³/mol. The van der Waals surface area contributed by atoms with Gasteiger partial charge in [-0.15, -0.1) is 10.2 Å². The lowest BCUT2D eigenvalue weighted by Crippen LogP contribution is -2.44. The van der Waals surface area contributed by atoms with Gasteiger partial charge in [-0.05, 0) is 25.0 Å². The molecule has 0 radical (unpaired) electrons. The molecule has 1 aliphatic rings. The van der Waals surface area contributed by atoms with Crippen molar-refractivity contribution in [3.05, 3.63) is 28.7 Å². The molecule has 9 heteroatoms. The molecule has 132 valence electrons. The van der Waals surface area contributed by atoms with Crippen molar-refractivity contribution in [3.63, 3.8) is 0 Å². The number of benzene rings is 1. The molecule has 1 aliphatic heterocycles. The van der Waals surface area contributed by atoms with Crippen LogP contribution in [0, 0.1) is 0 Å². The Morgan fingerprint density at radius 3 is 3.04 bits per heavy atom. The lowest BCUT2D eigenvalue weighted by molar-refractivity contribution is -0.139. The van der Waals surface area contributed by atoms with Crippen molar-refractivity contribution in [1.82, 2.24) is 15.1 Å². The Morgan fingerprint density at radius 1 is 1.44 bits per heavy atom. The molecule has 0 bridgehead atoms. The average Bonchev–Trinajstić information content (AvgIpc) is 3.24. The molecule has 1 unspecified atom stereocenters. The molecule has 0 saturated carbocycles. The van der Waals surface area contributed by atoms with E-state index in [4.69, 9.17) is 4.74 Å². The van der Waals surface area contributed by atoms with Crippen LogP contribution >= 0.6 is 27.3 Å². The third-order valence-corrected chi connectivity index (χ3v) is 5.25. The SMILES string of the molecule is COCC(=O)N1CCCC1C(=O)Nc1nnc(-c2cccc(Br)c2)s1. The van der Waals surface area contributed by atoms with Gasteiger partial charge in [0.1, 0.15) is 17.7 Å². The Bertz CT molecular complexity index is 782. The Kier molecular flexibility index (Phi) is 5.77. The summed E-state index contributed by atoms with van der Waals surface area (Å²) in [6.07, 6.45) is 1.44. The molecule has 1 saturated heterocycles. The fourth-order valence-corrected chi connectivity index (χ4v) is 3.89. The van der Waals surface area contributed by atoms with Gasteiger partial charge in [-0.1, -0.05) is 39.4 Å². The van der Waals surface area contributed by atoms with E-state index in [1.54, 1.807) is 4.90 Å². The lowest BCUT2D eigenvalue weighted by Gasteiger charge is -2.23. The van der Waals surface area contributed by atoms with Crippen molar-refractivity contribution < 1.29 is 14.3 Å². The zero-order valence-electron chi connectivity index (χ0n) is 13.6. The molecule has 1 aromatic heterocycles. The van der Waals surface area contributed by atoms with Crippen LogP contribution in [-0.4, -0.2) is 53.2 Å². The molecule has 1 atom stereocenters. The number of carbonyl (C=O) groups is 2. The lowest BCUT2D eigenvalue weighted by atomic mass is 10.2. The zero-order chi connectivity index (χ0) is 17.8. The summed E-state index contributed by atoms with van der Waals surface area (Å²) in [6, 6.07) is 7.23. The second-order valence-electron chi connectivity index (χ2n) is 5.59. The molecule has 7 nitrogen and oxygen atoms in total. The smallest absolute Gasteiger partial charge is 0.249 e. The number of amides is 2. The minimum atomic E-state index is -0.485. The number of hydrogen-bond acceptors (Lipinski definition) is 6. The van der Waals surface area contributed by atoms with E-state index < -0.39 is 6.04 Å². The van der Waals surface area contributed by atoms with Crippen molar-refractivity contribution >= 4 is 44.2 Å². The van der Waals surface area contributed by atoms with Gasteiger partial charge in [0, 0.05) is 23.7 Å². The molecular weight excluding hydrogens is 408 g/mol. The summed E-state index contributed by atoms with van der Waals surface area (Å²) in [5.41, 5.74) is 0.921. The van der Waals surface area contributed by atoms with E-state index in [-0.39, 0.29) is 18.4 Å². The number of methoxy groups -OCH3 is 1. The summed E-state index contributed by atoms with van der Waals surface area (Å²) in [5.74, 6) is -0.411. The van der Waals surface area contributed by atoms with Gasteiger partial charge in [-0.3, -0.25) is 14.9 Å². The Morgan fingerprint density at radius 2 is 2.28 bits per heavy atom. The van der Waals surface area contributed by atoms with E-state index in [1.165, 1.54) is 18.4 Å². The first-order chi connectivity index (χ1) is 12.1. The zero-order valence-corrected chi connectivity index (χ0v) is 16.0. The maximum Gasteiger partial charge on any atom is 0.249 e. The Hall–Kier alpha value is -1.84.